The topological polar surface area (TPSA) is 34.9 Å². The molecule has 4 heteroatoms. The first-order valence-electron chi connectivity index (χ1n) is 4.21. The van der Waals surface area contributed by atoms with Crippen LogP contribution >= 0.6 is 15.9 Å². The third kappa shape index (κ3) is 2.40. The third-order valence-corrected chi connectivity index (χ3v) is 3.12. The second-order valence-corrected chi connectivity index (χ2v) is 3.95. The van der Waals surface area contributed by atoms with Crippen LogP contribution in [0.2, 0.25) is 0 Å². The largest absolute Gasteiger partial charge is 0.300 e. The third-order valence-electron chi connectivity index (χ3n) is 1.97. The number of Topliss-reactive ketones (excluding diaryl/α,β-unsaturated/α-hetero) is 1. The molecule has 1 aromatic heterocycles. The van der Waals surface area contributed by atoms with E-state index in [1.165, 1.54) is 0 Å². The van der Waals surface area contributed by atoms with Gasteiger partial charge in [-0.05, 0) is 36.7 Å². The Hall–Kier alpha value is -0.640. The first kappa shape index (κ1) is 10.4. The molecule has 0 atom stereocenters. The molecule has 72 valence electrons. The van der Waals surface area contributed by atoms with Gasteiger partial charge in [-0.1, -0.05) is 0 Å². The van der Waals surface area contributed by atoms with Gasteiger partial charge in [0.2, 0.25) is 0 Å². The molecule has 1 heterocycles. The van der Waals surface area contributed by atoms with E-state index in [0.29, 0.717) is 13.0 Å². The standard InChI is InChI=1S/C9H13BrN2O/c1-6(13)4-5-12-8(3)9(10)7(2)11-12/h4-5H2,1-3H3. The maximum Gasteiger partial charge on any atom is 0.131 e. The van der Waals surface area contributed by atoms with Gasteiger partial charge in [0.15, 0.2) is 0 Å². The summed E-state index contributed by atoms with van der Waals surface area (Å²) in [6.45, 7) is 6.21. The number of carbonyl (C=O) groups excluding carboxylic acids is 1. The van der Waals surface area contributed by atoms with Crippen molar-refractivity contribution in [3.05, 3.63) is 15.9 Å². The molecule has 3 nitrogen and oxygen atoms in total. The van der Waals surface area contributed by atoms with E-state index in [2.05, 4.69) is 21.0 Å². The molecule has 0 aliphatic rings. The summed E-state index contributed by atoms with van der Waals surface area (Å²) >= 11 is 3.44. The van der Waals surface area contributed by atoms with E-state index >= 15 is 0 Å². The minimum Gasteiger partial charge on any atom is -0.300 e. The summed E-state index contributed by atoms with van der Waals surface area (Å²) in [5, 5.41) is 4.30. The molecule has 0 unspecified atom stereocenters. The molecule has 0 spiro atoms. The van der Waals surface area contributed by atoms with E-state index in [1.54, 1.807) is 6.92 Å². The highest BCUT2D eigenvalue weighted by Crippen LogP contribution is 2.19. The van der Waals surface area contributed by atoms with E-state index < -0.39 is 0 Å². The predicted molar refractivity (Wildman–Crippen MR) is 54.7 cm³/mol. The van der Waals surface area contributed by atoms with Crippen LogP contribution in [-0.2, 0) is 11.3 Å². The van der Waals surface area contributed by atoms with E-state index in [0.717, 1.165) is 15.9 Å². The highest BCUT2D eigenvalue weighted by atomic mass is 79.9. The summed E-state index contributed by atoms with van der Waals surface area (Å²) in [7, 11) is 0. The van der Waals surface area contributed by atoms with Crippen molar-refractivity contribution in [2.75, 3.05) is 0 Å². The minimum absolute atomic E-state index is 0.198. The van der Waals surface area contributed by atoms with Crippen molar-refractivity contribution in [1.29, 1.82) is 0 Å². The Labute approximate surface area is 86.3 Å². The van der Waals surface area contributed by atoms with Crippen molar-refractivity contribution in [2.45, 2.75) is 33.7 Å². The predicted octanol–water partition coefficient (Wildman–Crippen LogP) is 2.24. The fourth-order valence-electron chi connectivity index (χ4n) is 1.16. The smallest absolute Gasteiger partial charge is 0.131 e. The lowest BCUT2D eigenvalue weighted by Gasteiger charge is -2.01. The van der Waals surface area contributed by atoms with Gasteiger partial charge in [-0.15, -0.1) is 0 Å². The summed E-state index contributed by atoms with van der Waals surface area (Å²) in [5.74, 6) is 0.198. The lowest BCUT2D eigenvalue weighted by molar-refractivity contribution is -0.117. The molecule has 0 saturated carbocycles. The minimum atomic E-state index is 0.198. The Morgan fingerprint density at radius 1 is 1.54 bits per heavy atom. The molecular formula is C9H13BrN2O. The zero-order chi connectivity index (χ0) is 10.0. The Morgan fingerprint density at radius 3 is 2.54 bits per heavy atom. The molecule has 0 radical (unpaired) electrons. The van der Waals surface area contributed by atoms with Crippen LogP contribution in [0.1, 0.15) is 24.7 Å². The zero-order valence-corrected chi connectivity index (χ0v) is 9.68. The van der Waals surface area contributed by atoms with Gasteiger partial charge in [0, 0.05) is 18.7 Å². The molecule has 0 bridgehead atoms. The fourth-order valence-corrected chi connectivity index (χ4v) is 1.44. The number of nitrogens with zero attached hydrogens (tertiary/aromatic N) is 2. The molecule has 0 saturated heterocycles. The molecular weight excluding hydrogens is 232 g/mol. The number of aryl methyl sites for hydroxylation is 2. The summed E-state index contributed by atoms with van der Waals surface area (Å²) in [6.07, 6.45) is 0.550. The Kier molecular flexibility index (Phi) is 3.25. The van der Waals surface area contributed by atoms with Gasteiger partial charge in [0.25, 0.3) is 0 Å². The first-order chi connectivity index (χ1) is 6.02. The van der Waals surface area contributed by atoms with Crippen LogP contribution in [0, 0.1) is 13.8 Å². The van der Waals surface area contributed by atoms with Gasteiger partial charge in [-0.25, -0.2) is 0 Å². The number of halogens is 1. The maximum atomic E-state index is 10.8. The zero-order valence-electron chi connectivity index (χ0n) is 8.09. The number of hydrogen-bond donors (Lipinski definition) is 0. The Morgan fingerprint density at radius 2 is 2.15 bits per heavy atom. The number of carbonyl (C=O) groups is 1. The van der Waals surface area contributed by atoms with Crippen molar-refractivity contribution in [3.8, 4) is 0 Å². The van der Waals surface area contributed by atoms with Gasteiger partial charge in [0.05, 0.1) is 10.2 Å². The number of rotatable bonds is 3. The monoisotopic (exact) mass is 244 g/mol. The lowest BCUT2D eigenvalue weighted by atomic mass is 10.3. The molecule has 1 rings (SSSR count). The van der Waals surface area contributed by atoms with Gasteiger partial charge in [0.1, 0.15) is 5.78 Å². The highest BCUT2D eigenvalue weighted by molar-refractivity contribution is 9.10. The van der Waals surface area contributed by atoms with Crippen LogP contribution in [0.3, 0.4) is 0 Å². The second kappa shape index (κ2) is 4.05. The average molecular weight is 245 g/mol. The van der Waals surface area contributed by atoms with Crippen molar-refractivity contribution in [1.82, 2.24) is 9.78 Å². The molecule has 1 aromatic rings. The molecule has 0 amide bonds. The van der Waals surface area contributed by atoms with Crippen molar-refractivity contribution >= 4 is 21.7 Å². The quantitative estimate of drug-likeness (QED) is 0.818. The van der Waals surface area contributed by atoms with Crippen molar-refractivity contribution in [2.24, 2.45) is 0 Å². The molecule has 0 fully saturated rings. The molecule has 0 aliphatic heterocycles. The van der Waals surface area contributed by atoms with Crippen molar-refractivity contribution in [3.63, 3.8) is 0 Å². The molecule has 0 aliphatic carbocycles. The van der Waals surface area contributed by atoms with Crippen LogP contribution < -0.4 is 0 Å². The van der Waals surface area contributed by atoms with Gasteiger partial charge < -0.3 is 0 Å². The first-order valence-corrected chi connectivity index (χ1v) is 5.00. The Bertz CT molecular complexity index is 331. The SMILES string of the molecule is CC(=O)CCn1nc(C)c(Br)c1C. The van der Waals surface area contributed by atoms with Gasteiger partial charge >= 0.3 is 0 Å². The van der Waals surface area contributed by atoms with E-state index in [1.807, 2.05) is 18.5 Å². The van der Waals surface area contributed by atoms with Crippen molar-refractivity contribution < 1.29 is 4.79 Å². The summed E-state index contributed by atoms with van der Waals surface area (Å²) in [6, 6.07) is 0. The highest BCUT2D eigenvalue weighted by Gasteiger charge is 2.08. The summed E-state index contributed by atoms with van der Waals surface area (Å²) < 4.78 is 2.90. The fraction of sp³-hybridized carbons (Fsp3) is 0.556. The average Bonchev–Trinajstić information content (AvgIpc) is 2.29. The van der Waals surface area contributed by atoms with Crippen LogP contribution in [0.15, 0.2) is 4.47 Å². The Balaban J connectivity index is 2.78. The molecule has 0 aromatic carbocycles. The van der Waals surface area contributed by atoms with Crippen LogP contribution in [0.4, 0.5) is 0 Å². The van der Waals surface area contributed by atoms with E-state index in [9.17, 15) is 4.79 Å². The van der Waals surface area contributed by atoms with Crippen LogP contribution in [0.5, 0.6) is 0 Å². The maximum absolute atomic E-state index is 10.8. The molecule has 13 heavy (non-hydrogen) atoms. The van der Waals surface area contributed by atoms with Crippen LogP contribution in [-0.4, -0.2) is 15.6 Å². The normalized spacial score (nSPS) is 10.5. The van der Waals surface area contributed by atoms with E-state index in [4.69, 9.17) is 0 Å². The van der Waals surface area contributed by atoms with E-state index in [-0.39, 0.29) is 5.78 Å². The number of hydrogen-bond acceptors (Lipinski definition) is 2. The number of ketones is 1. The lowest BCUT2D eigenvalue weighted by Crippen LogP contribution is -2.05. The van der Waals surface area contributed by atoms with Crippen LogP contribution in [0.25, 0.3) is 0 Å². The van der Waals surface area contributed by atoms with Gasteiger partial charge in [-0.2, -0.15) is 5.10 Å². The molecule has 0 N–H and O–H groups in total. The summed E-state index contributed by atoms with van der Waals surface area (Å²) in [4.78, 5) is 10.8. The van der Waals surface area contributed by atoms with Gasteiger partial charge in [-0.3, -0.25) is 9.48 Å². The summed E-state index contributed by atoms with van der Waals surface area (Å²) in [5.41, 5.74) is 2.06. The second-order valence-electron chi connectivity index (χ2n) is 3.16. The number of aromatic nitrogens is 2.